The maximum Gasteiger partial charge on any atom is 0.325 e. The van der Waals surface area contributed by atoms with E-state index >= 15 is 0 Å². The van der Waals surface area contributed by atoms with E-state index in [0.29, 0.717) is 29.7 Å². The Labute approximate surface area is 208 Å². The van der Waals surface area contributed by atoms with Crippen molar-refractivity contribution in [2.45, 2.75) is 32.1 Å². The molecule has 4 aromatic rings. The third-order valence-electron chi connectivity index (χ3n) is 6.14. The van der Waals surface area contributed by atoms with Crippen LogP contribution in [-0.4, -0.2) is 70.5 Å². The highest BCUT2D eigenvalue weighted by Gasteiger charge is 2.49. The van der Waals surface area contributed by atoms with E-state index in [9.17, 15) is 9.59 Å². The number of carbonyl (C=O) groups is 2. The maximum atomic E-state index is 13.0. The molecule has 3 aromatic heterocycles. The average Bonchev–Trinajstić information content (AvgIpc) is 3.60. The fourth-order valence-electron chi connectivity index (χ4n) is 4.53. The molecular formula is C22H20ClN9O2S. The van der Waals surface area contributed by atoms with E-state index in [2.05, 4.69) is 20.4 Å². The molecule has 2 unspecified atom stereocenters. The Morgan fingerprint density at radius 1 is 1.14 bits per heavy atom. The SMILES string of the molecule is CCN1C(=O)NC(=O)C2C1N=C(Cc1cn3cc(Cl)sc3n1)N2Cc1ccc(-n2cncn2)cc1. The van der Waals surface area contributed by atoms with E-state index in [1.165, 1.54) is 17.7 Å². The number of imidazole rings is 1. The van der Waals surface area contributed by atoms with Crippen LogP contribution < -0.4 is 5.32 Å². The number of nitrogens with zero attached hydrogens (tertiary/aromatic N) is 8. The number of amides is 3. The van der Waals surface area contributed by atoms with Crippen molar-refractivity contribution < 1.29 is 9.59 Å². The van der Waals surface area contributed by atoms with E-state index in [1.807, 2.05) is 52.9 Å². The van der Waals surface area contributed by atoms with Gasteiger partial charge >= 0.3 is 6.03 Å². The van der Waals surface area contributed by atoms with E-state index in [0.717, 1.165) is 21.9 Å². The van der Waals surface area contributed by atoms with Crippen molar-refractivity contribution in [2.75, 3.05) is 6.54 Å². The summed E-state index contributed by atoms with van der Waals surface area (Å²) in [6.07, 6.45) is 6.69. The molecule has 2 aliphatic rings. The number of aromatic nitrogens is 5. The maximum absolute atomic E-state index is 13.0. The first kappa shape index (κ1) is 21.7. The first-order chi connectivity index (χ1) is 17.0. The predicted octanol–water partition coefficient (Wildman–Crippen LogP) is 2.35. The van der Waals surface area contributed by atoms with Crippen LogP contribution in [0.5, 0.6) is 0 Å². The van der Waals surface area contributed by atoms with Crippen LogP contribution in [-0.2, 0) is 17.8 Å². The molecule has 1 saturated heterocycles. The molecule has 2 aliphatic heterocycles. The fourth-order valence-corrected chi connectivity index (χ4v) is 5.56. The van der Waals surface area contributed by atoms with Crippen LogP contribution >= 0.6 is 22.9 Å². The average molecular weight is 510 g/mol. The Hall–Kier alpha value is -3.77. The molecule has 3 amide bonds. The Morgan fingerprint density at radius 3 is 2.69 bits per heavy atom. The molecule has 0 saturated carbocycles. The van der Waals surface area contributed by atoms with Gasteiger partial charge in [0.2, 0.25) is 0 Å². The zero-order valence-electron chi connectivity index (χ0n) is 18.6. The van der Waals surface area contributed by atoms with E-state index in [1.54, 1.807) is 15.9 Å². The zero-order chi connectivity index (χ0) is 24.1. The van der Waals surface area contributed by atoms with Gasteiger partial charge in [-0.05, 0) is 24.6 Å². The summed E-state index contributed by atoms with van der Waals surface area (Å²) in [6, 6.07) is 6.84. The van der Waals surface area contributed by atoms with Gasteiger partial charge in [-0.15, -0.1) is 0 Å². The summed E-state index contributed by atoms with van der Waals surface area (Å²) in [5.41, 5.74) is 2.69. The number of likely N-dealkylation sites (N-methyl/N-ethyl adjacent to an activating group) is 1. The zero-order valence-corrected chi connectivity index (χ0v) is 20.1. The number of carbonyl (C=O) groups excluding carboxylic acids is 2. The molecular weight excluding hydrogens is 490 g/mol. The lowest BCUT2D eigenvalue weighted by atomic mass is 10.1. The second-order valence-electron chi connectivity index (χ2n) is 8.25. The van der Waals surface area contributed by atoms with Gasteiger partial charge in [-0.3, -0.25) is 19.4 Å². The van der Waals surface area contributed by atoms with Crippen molar-refractivity contribution in [3.63, 3.8) is 0 Å². The number of hydrogen-bond acceptors (Lipinski definition) is 8. The van der Waals surface area contributed by atoms with Crippen molar-refractivity contribution in [3.8, 4) is 5.69 Å². The highest BCUT2D eigenvalue weighted by Crippen LogP contribution is 2.29. The lowest BCUT2D eigenvalue weighted by Gasteiger charge is -2.37. The number of rotatable bonds is 6. The first-order valence-corrected chi connectivity index (χ1v) is 12.2. The van der Waals surface area contributed by atoms with Crippen LogP contribution in [0.4, 0.5) is 4.79 Å². The highest BCUT2D eigenvalue weighted by atomic mass is 35.5. The highest BCUT2D eigenvalue weighted by molar-refractivity contribution is 7.20. The minimum Gasteiger partial charge on any atom is -0.340 e. The molecule has 35 heavy (non-hydrogen) atoms. The van der Waals surface area contributed by atoms with Gasteiger partial charge in [-0.1, -0.05) is 35.1 Å². The third-order valence-corrected chi connectivity index (χ3v) is 7.25. The first-order valence-electron chi connectivity index (χ1n) is 11.0. The van der Waals surface area contributed by atoms with Gasteiger partial charge in [0.15, 0.2) is 17.2 Å². The van der Waals surface area contributed by atoms with Crippen LogP contribution in [0.25, 0.3) is 10.6 Å². The van der Waals surface area contributed by atoms with Gasteiger partial charge < -0.3 is 4.90 Å². The number of halogens is 1. The minimum absolute atomic E-state index is 0.347. The normalized spacial score (nSPS) is 19.9. The second-order valence-corrected chi connectivity index (χ2v) is 9.89. The van der Waals surface area contributed by atoms with Crippen LogP contribution in [0.1, 0.15) is 18.2 Å². The van der Waals surface area contributed by atoms with Crippen LogP contribution in [0.3, 0.4) is 0 Å². The lowest BCUT2D eigenvalue weighted by Crippen LogP contribution is -2.64. The van der Waals surface area contributed by atoms with Gasteiger partial charge in [0.1, 0.15) is 22.8 Å². The van der Waals surface area contributed by atoms with Gasteiger partial charge in [-0.2, -0.15) is 5.10 Å². The van der Waals surface area contributed by atoms with Crippen molar-refractivity contribution in [1.29, 1.82) is 0 Å². The van der Waals surface area contributed by atoms with E-state index < -0.39 is 18.2 Å². The van der Waals surface area contributed by atoms with Crippen molar-refractivity contribution >= 4 is 45.7 Å². The number of imide groups is 1. The van der Waals surface area contributed by atoms with Gasteiger partial charge in [-0.25, -0.2) is 24.4 Å². The second kappa shape index (κ2) is 8.47. The quantitative estimate of drug-likeness (QED) is 0.427. The van der Waals surface area contributed by atoms with Gasteiger partial charge in [0, 0.05) is 31.9 Å². The van der Waals surface area contributed by atoms with E-state index in [4.69, 9.17) is 16.6 Å². The smallest absolute Gasteiger partial charge is 0.325 e. The molecule has 0 aliphatic carbocycles. The molecule has 6 rings (SSSR count). The molecule has 13 heteroatoms. The van der Waals surface area contributed by atoms with Crippen LogP contribution in [0, 0.1) is 0 Å². The predicted molar refractivity (Wildman–Crippen MR) is 130 cm³/mol. The summed E-state index contributed by atoms with van der Waals surface area (Å²) in [5.74, 6) is 0.362. The van der Waals surface area contributed by atoms with Crippen molar-refractivity contribution in [3.05, 3.63) is 64.9 Å². The number of hydrogen-bond donors (Lipinski definition) is 1. The number of aliphatic imine (C=N–C) groups is 1. The van der Waals surface area contributed by atoms with Gasteiger partial charge in [0.05, 0.1) is 11.4 Å². The van der Waals surface area contributed by atoms with Crippen molar-refractivity contribution in [1.82, 2.24) is 39.3 Å². The molecule has 1 fully saturated rings. The summed E-state index contributed by atoms with van der Waals surface area (Å²) >= 11 is 7.48. The minimum atomic E-state index is -0.615. The Bertz CT molecular complexity index is 1410. The number of nitrogens with one attached hydrogen (secondary N) is 1. The Kier molecular flexibility index (Phi) is 5.26. The number of benzene rings is 1. The lowest BCUT2D eigenvalue weighted by molar-refractivity contribution is -0.127. The molecule has 5 heterocycles. The summed E-state index contributed by atoms with van der Waals surface area (Å²) in [6.45, 7) is 2.77. The largest absolute Gasteiger partial charge is 0.340 e. The molecule has 11 nitrogen and oxygen atoms in total. The summed E-state index contributed by atoms with van der Waals surface area (Å²) in [4.78, 5) is 43.3. The summed E-state index contributed by atoms with van der Waals surface area (Å²) in [5, 5.41) is 6.64. The molecule has 1 aromatic carbocycles. The van der Waals surface area contributed by atoms with Crippen molar-refractivity contribution in [2.24, 2.45) is 4.99 Å². The third kappa shape index (κ3) is 3.84. The monoisotopic (exact) mass is 509 g/mol. The molecule has 2 atom stereocenters. The molecule has 178 valence electrons. The Morgan fingerprint density at radius 2 is 1.97 bits per heavy atom. The molecule has 1 N–H and O–H groups in total. The number of fused-ring (bicyclic) bond motifs is 2. The standard InChI is InChI=1S/C22H20ClN9O2S/c1-2-30-19-18(20(33)28-21(30)34)31(8-13-3-5-15(6-4-13)32-12-24-11-25-32)17(27-19)7-14-9-29-10-16(23)35-22(29)26-14/h3-6,9-12,18-19H,2,7-8H2,1H3,(H,28,33,34). The number of urea groups is 1. The van der Waals surface area contributed by atoms with E-state index in [-0.39, 0.29) is 5.91 Å². The summed E-state index contributed by atoms with van der Waals surface area (Å²) < 4.78 is 4.22. The number of amidine groups is 1. The van der Waals surface area contributed by atoms with Crippen LogP contribution in [0.2, 0.25) is 4.34 Å². The molecule has 0 bridgehead atoms. The Balaban J connectivity index is 1.32. The summed E-state index contributed by atoms with van der Waals surface area (Å²) in [7, 11) is 0. The topological polar surface area (TPSA) is 113 Å². The molecule has 0 radical (unpaired) electrons. The fraction of sp³-hybridized carbons (Fsp3) is 0.273. The van der Waals surface area contributed by atoms with Gasteiger partial charge in [0.25, 0.3) is 5.91 Å². The number of thiazole rings is 1. The van der Waals surface area contributed by atoms with Crippen LogP contribution in [0.15, 0.2) is 54.3 Å². The molecule has 0 spiro atoms.